The minimum absolute atomic E-state index is 0.0694. The van der Waals surface area contributed by atoms with Crippen LogP contribution in [-0.2, 0) is 9.53 Å². The predicted octanol–water partition coefficient (Wildman–Crippen LogP) is 0.996. The second kappa shape index (κ2) is 4.72. The second-order valence-electron chi connectivity index (χ2n) is 5.63. The largest absolute Gasteiger partial charge is 0.384 e. The molecule has 94 valence electrons. The fourth-order valence-electron chi connectivity index (χ4n) is 2.80. The minimum Gasteiger partial charge on any atom is -0.384 e. The Morgan fingerprint density at radius 3 is 2.56 bits per heavy atom. The monoisotopic (exact) mass is 228 g/mol. The van der Waals surface area contributed by atoms with Crippen molar-refractivity contribution in [3.05, 3.63) is 0 Å². The van der Waals surface area contributed by atoms with Crippen LogP contribution < -0.4 is 5.73 Å². The summed E-state index contributed by atoms with van der Waals surface area (Å²) in [7, 11) is 1.68. The van der Waals surface area contributed by atoms with Gasteiger partial charge in [-0.05, 0) is 13.8 Å². The fraction of sp³-hybridized carbons (Fsp3) is 0.917. The number of rotatable bonds is 4. The van der Waals surface area contributed by atoms with E-state index in [1.54, 1.807) is 7.11 Å². The maximum atomic E-state index is 11.9. The molecule has 0 aromatic rings. The molecule has 2 atom stereocenters. The number of hydrogen-bond acceptors (Lipinski definition) is 3. The van der Waals surface area contributed by atoms with Crippen LogP contribution in [0.1, 0.15) is 34.1 Å². The number of methoxy groups -OCH3 is 1. The molecule has 0 radical (unpaired) electrons. The molecule has 1 fully saturated rings. The molecule has 1 amide bonds. The molecular weight excluding hydrogens is 204 g/mol. The van der Waals surface area contributed by atoms with E-state index in [1.807, 2.05) is 18.7 Å². The third-order valence-electron chi connectivity index (χ3n) is 3.28. The van der Waals surface area contributed by atoms with Gasteiger partial charge in [-0.25, -0.2) is 0 Å². The summed E-state index contributed by atoms with van der Waals surface area (Å²) in [4.78, 5) is 13.8. The summed E-state index contributed by atoms with van der Waals surface area (Å²) in [6.07, 6.45) is 0.454. The van der Waals surface area contributed by atoms with Gasteiger partial charge in [0.15, 0.2) is 0 Å². The Morgan fingerprint density at radius 1 is 1.56 bits per heavy atom. The van der Waals surface area contributed by atoms with Gasteiger partial charge in [0, 0.05) is 31.0 Å². The number of carbonyl (C=O) groups is 1. The Labute approximate surface area is 98.1 Å². The van der Waals surface area contributed by atoms with Crippen LogP contribution >= 0.6 is 0 Å². The van der Waals surface area contributed by atoms with Crippen molar-refractivity contribution < 1.29 is 9.53 Å². The van der Waals surface area contributed by atoms with E-state index in [9.17, 15) is 4.79 Å². The summed E-state index contributed by atoms with van der Waals surface area (Å²) >= 11 is 0. The molecular formula is C12H24N2O2. The minimum atomic E-state index is -0.107. The lowest BCUT2D eigenvalue weighted by molar-refractivity contribution is -0.133. The average Bonchev–Trinajstić information content (AvgIpc) is 2.41. The van der Waals surface area contributed by atoms with Gasteiger partial charge in [-0.1, -0.05) is 13.8 Å². The van der Waals surface area contributed by atoms with E-state index in [0.717, 1.165) is 0 Å². The highest BCUT2D eigenvalue weighted by molar-refractivity contribution is 5.80. The average molecular weight is 228 g/mol. The van der Waals surface area contributed by atoms with Crippen LogP contribution in [0.2, 0.25) is 0 Å². The topological polar surface area (TPSA) is 55.6 Å². The van der Waals surface area contributed by atoms with Gasteiger partial charge in [0.05, 0.1) is 12.6 Å². The molecule has 1 saturated heterocycles. The van der Waals surface area contributed by atoms with Crippen molar-refractivity contribution in [3.63, 3.8) is 0 Å². The van der Waals surface area contributed by atoms with Crippen molar-refractivity contribution in [3.8, 4) is 0 Å². The molecule has 0 aliphatic carbocycles. The van der Waals surface area contributed by atoms with Gasteiger partial charge < -0.3 is 15.4 Å². The Morgan fingerprint density at radius 2 is 2.12 bits per heavy atom. The number of hydrogen-bond donors (Lipinski definition) is 1. The van der Waals surface area contributed by atoms with Crippen LogP contribution in [0.3, 0.4) is 0 Å². The second-order valence-corrected chi connectivity index (χ2v) is 5.63. The van der Waals surface area contributed by atoms with Gasteiger partial charge in [0.2, 0.25) is 5.91 Å². The maximum absolute atomic E-state index is 11.9. The zero-order valence-corrected chi connectivity index (χ0v) is 11.0. The van der Waals surface area contributed by atoms with Crippen molar-refractivity contribution >= 4 is 5.91 Å². The number of carbonyl (C=O) groups excluding carboxylic acids is 1. The molecule has 1 aliphatic rings. The lowest BCUT2D eigenvalue weighted by atomic mass is 9.81. The Hall–Kier alpha value is -0.610. The lowest BCUT2D eigenvalue weighted by Crippen LogP contribution is -2.53. The molecule has 0 spiro atoms. The van der Waals surface area contributed by atoms with E-state index in [1.165, 1.54) is 0 Å². The van der Waals surface area contributed by atoms with Crippen molar-refractivity contribution in [1.82, 2.24) is 4.90 Å². The first-order valence-electron chi connectivity index (χ1n) is 5.87. The number of likely N-dealkylation sites (tertiary alicyclic amines) is 1. The summed E-state index contributed by atoms with van der Waals surface area (Å²) in [5, 5.41) is 0. The van der Waals surface area contributed by atoms with Crippen LogP contribution in [0.25, 0.3) is 0 Å². The first-order chi connectivity index (χ1) is 7.31. The normalized spacial score (nSPS) is 26.9. The van der Waals surface area contributed by atoms with Gasteiger partial charge in [-0.3, -0.25) is 4.79 Å². The van der Waals surface area contributed by atoms with Gasteiger partial charge in [-0.2, -0.15) is 0 Å². The Kier molecular flexibility index (Phi) is 3.97. The van der Waals surface area contributed by atoms with E-state index < -0.39 is 0 Å². The van der Waals surface area contributed by atoms with Gasteiger partial charge in [-0.15, -0.1) is 0 Å². The van der Waals surface area contributed by atoms with Crippen molar-refractivity contribution in [2.75, 3.05) is 13.7 Å². The predicted molar refractivity (Wildman–Crippen MR) is 64.0 cm³/mol. The molecule has 4 heteroatoms. The first-order valence-corrected chi connectivity index (χ1v) is 5.87. The molecule has 0 unspecified atom stereocenters. The van der Waals surface area contributed by atoms with Crippen LogP contribution in [-0.4, -0.2) is 42.6 Å². The number of nitrogens with zero attached hydrogens (tertiary/aromatic N) is 1. The van der Waals surface area contributed by atoms with Crippen molar-refractivity contribution in [1.29, 1.82) is 0 Å². The fourth-order valence-corrected chi connectivity index (χ4v) is 2.80. The van der Waals surface area contributed by atoms with Crippen LogP contribution in [0.15, 0.2) is 0 Å². The summed E-state index contributed by atoms with van der Waals surface area (Å²) in [6, 6.07) is 0.183. The zero-order chi connectivity index (χ0) is 12.5. The summed E-state index contributed by atoms with van der Waals surface area (Å²) in [6.45, 7) is 8.89. The smallest absolute Gasteiger partial charge is 0.224 e. The molecule has 2 N–H and O–H groups in total. The number of ether oxygens (including phenoxy) is 1. The van der Waals surface area contributed by atoms with Crippen LogP contribution in [0.5, 0.6) is 0 Å². The van der Waals surface area contributed by atoms with Crippen molar-refractivity contribution in [2.45, 2.75) is 52.2 Å². The molecule has 1 rings (SSSR count). The molecule has 1 aliphatic heterocycles. The van der Waals surface area contributed by atoms with Crippen molar-refractivity contribution in [2.24, 2.45) is 11.1 Å². The maximum Gasteiger partial charge on any atom is 0.224 e. The number of nitrogens with two attached hydrogens (primary N) is 1. The van der Waals surface area contributed by atoms with E-state index in [-0.39, 0.29) is 29.4 Å². The Balaban J connectivity index is 2.94. The highest BCUT2D eigenvalue weighted by Gasteiger charge is 2.47. The summed E-state index contributed by atoms with van der Waals surface area (Å²) in [5.41, 5.74) is 5.99. The lowest BCUT2D eigenvalue weighted by Gasteiger charge is -2.41. The zero-order valence-electron chi connectivity index (χ0n) is 11.0. The molecule has 16 heavy (non-hydrogen) atoms. The summed E-state index contributed by atoms with van der Waals surface area (Å²) < 4.78 is 5.24. The van der Waals surface area contributed by atoms with Gasteiger partial charge >= 0.3 is 0 Å². The van der Waals surface area contributed by atoms with Crippen LogP contribution in [0, 0.1) is 5.41 Å². The number of amides is 1. The standard InChI is InChI=1S/C12H24N2O2/c1-8(2)14-10(15)6-9(13)11(14)12(3,4)7-16-5/h8-9,11H,6-7,13H2,1-5H3/t9-,11-/m0/s1. The highest BCUT2D eigenvalue weighted by Crippen LogP contribution is 2.34. The molecule has 1 heterocycles. The van der Waals surface area contributed by atoms with Gasteiger partial charge in [0.1, 0.15) is 0 Å². The summed E-state index contributed by atoms with van der Waals surface area (Å²) in [5.74, 6) is 0.164. The SMILES string of the molecule is COCC(C)(C)[C@@H]1[C@@H](N)CC(=O)N1C(C)C. The quantitative estimate of drug-likeness (QED) is 0.781. The Bertz CT molecular complexity index is 264. The highest BCUT2D eigenvalue weighted by atomic mass is 16.5. The molecule has 0 aromatic heterocycles. The van der Waals surface area contributed by atoms with E-state index in [2.05, 4.69) is 13.8 Å². The van der Waals surface area contributed by atoms with Gasteiger partial charge in [0.25, 0.3) is 0 Å². The third kappa shape index (κ3) is 2.38. The molecule has 0 aromatic carbocycles. The van der Waals surface area contributed by atoms with Crippen LogP contribution in [0.4, 0.5) is 0 Å². The van der Waals surface area contributed by atoms with E-state index >= 15 is 0 Å². The first kappa shape index (κ1) is 13.5. The molecule has 0 bridgehead atoms. The van der Waals surface area contributed by atoms with E-state index in [4.69, 9.17) is 10.5 Å². The molecule has 0 saturated carbocycles. The third-order valence-corrected chi connectivity index (χ3v) is 3.28. The van der Waals surface area contributed by atoms with E-state index in [0.29, 0.717) is 13.0 Å². The molecule has 4 nitrogen and oxygen atoms in total.